The van der Waals surface area contributed by atoms with Crippen LogP contribution in [0.25, 0.3) is 0 Å². The summed E-state index contributed by atoms with van der Waals surface area (Å²) in [5.74, 6) is 0.229. The van der Waals surface area contributed by atoms with E-state index in [0.29, 0.717) is 12.8 Å². The van der Waals surface area contributed by atoms with Gasteiger partial charge in [0.2, 0.25) is 0 Å². The lowest BCUT2D eigenvalue weighted by Crippen LogP contribution is -2.09. The van der Waals surface area contributed by atoms with Crippen LogP contribution in [0.2, 0.25) is 0 Å². The van der Waals surface area contributed by atoms with Gasteiger partial charge in [0.25, 0.3) is 0 Å². The summed E-state index contributed by atoms with van der Waals surface area (Å²) in [7, 11) is 1.89. The number of carbonyl (C=O) groups excluding carboxylic acids is 1. The van der Waals surface area contributed by atoms with Crippen LogP contribution in [0.1, 0.15) is 23.9 Å². The minimum absolute atomic E-state index is 0.229. The molecule has 0 aliphatic carbocycles. The number of aromatic nitrogens is 2. The standard InChI is InChI=1S/C15H18N2O/c1-3-13-10-14(17(2)16-13)11-15(18)9-12-7-5-4-6-8-12/h4-8,10H,3,9,11H2,1-2H3. The summed E-state index contributed by atoms with van der Waals surface area (Å²) in [5, 5.41) is 4.35. The molecule has 0 amide bonds. The average molecular weight is 242 g/mol. The smallest absolute Gasteiger partial charge is 0.143 e. The minimum atomic E-state index is 0.229. The van der Waals surface area contributed by atoms with Gasteiger partial charge < -0.3 is 0 Å². The van der Waals surface area contributed by atoms with Crippen LogP contribution in [-0.2, 0) is 31.1 Å². The second-order valence-electron chi connectivity index (χ2n) is 4.48. The van der Waals surface area contributed by atoms with Crippen LogP contribution in [0.3, 0.4) is 0 Å². The molecule has 1 aromatic carbocycles. The van der Waals surface area contributed by atoms with E-state index in [1.165, 1.54) is 0 Å². The Morgan fingerprint density at radius 3 is 2.56 bits per heavy atom. The van der Waals surface area contributed by atoms with Gasteiger partial charge in [-0.05, 0) is 18.1 Å². The van der Waals surface area contributed by atoms with Crippen LogP contribution in [0.15, 0.2) is 36.4 Å². The third-order valence-corrected chi connectivity index (χ3v) is 3.01. The number of hydrogen-bond acceptors (Lipinski definition) is 2. The number of aryl methyl sites for hydroxylation is 2. The first kappa shape index (κ1) is 12.6. The van der Waals surface area contributed by atoms with Crippen molar-refractivity contribution in [2.24, 2.45) is 7.05 Å². The van der Waals surface area contributed by atoms with E-state index in [9.17, 15) is 4.79 Å². The number of ketones is 1. The summed E-state index contributed by atoms with van der Waals surface area (Å²) in [4.78, 5) is 12.0. The molecule has 3 nitrogen and oxygen atoms in total. The number of rotatable bonds is 5. The Balaban J connectivity index is 2.01. The lowest BCUT2D eigenvalue weighted by molar-refractivity contribution is -0.117. The van der Waals surface area contributed by atoms with E-state index in [2.05, 4.69) is 12.0 Å². The molecule has 0 aliphatic rings. The summed E-state index contributed by atoms with van der Waals surface area (Å²) in [6, 6.07) is 11.9. The normalized spacial score (nSPS) is 10.6. The molecule has 0 saturated carbocycles. The van der Waals surface area contributed by atoms with Crippen LogP contribution in [-0.4, -0.2) is 15.6 Å². The first-order valence-corrected chi connectivity index (χ1v) is 6.26. The summed E-state index contributed by atoms with van der Waals surface area (Å²) in [6.07, 6.45) is 1.85. The summed E-state index contributed by atoms with van der Waals surface area (Å²) >= 11 is 0. The molecule has 0 atom stereocenters. The third kappa shape index (κ3) is 3.06. The van der Waals surface area contributed by atoms with E-state index in [0.717, 1.165) is 23.4 Å². The highest BCUT2D eigenvalue weighted by Crippen LogP contribution is 2.08. The molecule has 94 valence electrons. The molecule has 18 heavy (non-hydrogen) atoms. The van der Waals surface area contributed by atoms with Gasteiger partial charge in [-0.1, -0.05) is 37.3 Å². The Kier molecular flexibility index (Phi) is 3.92. The van der Waals surface area contributed by atoms with Crippen LogP contribution in [0.4, 0.5) is 0 Å². The molecule has 0 saturated heterocycles. The molecule has 0 aliphatic heterocycles. The van der Waals surface area contributed by atoms with Gasteiger partial charge in [0.15, 0.2) is 0 Å². The van der Waals surface area contributed by atoms with Gasteiger partial charge in [0.1, 0.15) is 5.78 Å². The Bertz CT molecular complexity index is 529. The lowest BCUT2D eigenvalue weighted by atomic mass is 10.1. The van der Waals surface area contributed by atoms with E-state index in [-0.39, 0.29) is 5.78 Å². The second-order valence-corrected chi connectivity index (χ2v) is 4.48. The van der Waals surface area contributed by atoms with Crippen molar-refractivity contribution in [1.82, 2.24) is 9.78 Å². The predicted octanol–water partition coefficient (Wildman–Crippen LogP) is 2.34. The predicted molar refractivity (Wildman–Crippen MR) is 71.4 cm³/mol. The fourth-order valence-corrected chi connectivity index (χ4v) is 2.00. The monoisotopic (exact) mass is 242 g/mol. The highest BCUT2D eigenvalue weighted by Gasteiger charge is 2.09. The Labute approximate surface area is 107 Å². The number of hydrogen-bond donors (Lipinski definition) is 0. The zero-order valence-corrected chi connectivity index (χ0v) is 10.9. The van der Waals surface area contributed by atoms with E-state index in [4.69, 9.17) is 0 Å². The van der Waals surface area contributed by atoms with E-state index < -0.39 is 0 Å². The lowest BCUT2D eigenvalue weighted by Gasteiger charge is -2.02. The van der Waals surface area contributed by atoms with Crippen LogP contribution in [0.5, 0.6) is 0 Å². The molecule has 3 heteroatoms. The summed E-state index contributed by atoms with van der Waals surface area (Å²) in [6.45, 7) is 2.07. The van der Waals surface area contributed by atoms with Gasteiger partial charge >= 0.3 is 0 Å². The maximum atomic E-state index is 12.0. The quantitative estimate of drug-likeness (QED) is 0.806. The van der Waals surface area contributed by atoms with Crippen molar-refractivity contribution in [3.63, 3.8) is 0 Å². The van der Waals surface area contributed by atoms with Crippen LogP contribution >= 0.6 is 0 Å². The van der Waals surface area contributed by atoms with Crippen molar-refractivity contribution in [3.8, 4) is 0 Å². The largest absolute Gasteiger partial charge is 0.299 e. The summed E-state index contributed by atoms with van der Waals surface area (Å²) in [5.41, 5.74) is 3.10. The zero-order chi connectivity index (χ0) is 13.0. The molecule has 0 fully saturated rings. The van der Waals surface area contributed by atoms with Gasteiger partial charge in [-0.15, -0.1) is 0 Å². The van der Waals surface area contributed by atoms with Gasteiger partial charge in [-0.3, -0.25) is 9.48 Å². The molecule has 1 heterocycles. The molecule has 0 unspecified atom stereocenters. The first-order valence-electron chi connectivity index (χ1n) is 6.26. The maximum absolute atomic E-state index is 12.0. The molecule has 0 spiro atoms. The fraction of sp³-hybridized carbons (Fsp3) is 0.333. The average Bonchev–Trinajstić information content (AvgIpc) is 2.71. The van der Waals surface area contributed by atoms with Crippen molar-refractivity contribution in [3.05, 3.63) is 53.3 Å². The number of carbonyl (C=O) groups is 1. The third-order valence-electron chi connectivity index (χ3n) is 3.01. The molecule has 0 radical (unpaired) electrons. The molecule has 0 bridgehead atoms. The van der Waals surface area contributed by atoms with Gasteiger partial charge in [-0.2, -0.15) is 5.10 Å². The Hall–Kier alpha value is -1.90. The first-order chi connectivity index (χ1) is 8.69. The van der Waals surface area contributed by atoms with Crippen molar-refractivity contribution < 1.29 is 4.79 Å². The van der Waals surface area contributed by atoms with Crippen molar-refractivity contribution in [2.45, 2.75) is 26.2 Å². The zero-order valence-electron chi connectivity index (χ0n) is 10.9. The van der Waals surface area contributed by atoms with Crippen LogP contribution < -0.4 is 0 Å². The molecule has 0 N–H and O–H groups in total. The molecular weight excluding hydrogens is 224 g/mol. The van der Waals surface area contributed by atoms with Gasteiger partial charge in [0, 0.05) is 25.6 Å². The highest BCUT2D eigenvalue weighted by atomic mass is 16.1. The Morgan fingerprint density at radius 1 is 1.22 bits per heavy atom. The summed E-state index contributed by atoms with van der Waals surface area (Å²) < 4.78 is 1.81. The van der Waals surface area contributed by atoms with Gasteiger partial charge in [0.05, 0.1) is 5.69 Å². The van der Waals surface area contributed by atoms with E-state index >= 15 is 0 Å². The number of Topliss-reactive ketones (excluding diaryl/α,β-unsaturated/α-hetero) is 1. The number of nitrogens with zero attached hydrogens (tertiary/aromatic N) is 2. The van der Waals surface area contributed by atoms with Crippen LogP contribution in [0, 0.1) is 0 Å². The van der Waals surface area contributed by atoms with Crippen molar-refractivity contribution in [1.29, 1.82) is 0 Å². The van der Waals surface area contributed by atoms with E-state index in [1.807, 2.05) is 48.1 Å². The SMILES string of the molecule is CCc1cc(CC(=O)Cc2ccccc2)n(C)n1. The van der Waals surface area contributed by atoms with Crippen molar-refractivity contribution >= 4 is 5.78 Å². The minimum Gasteiger partial charge on any atom is -0.299 e. The molecular formula is C15H18N2O. The number of benzene rings is 1. The van der Waals surface area contributed by atoms with Crippen molar-refractivity contribution in [2.75, 3.05) is 0 Å². The fourth-order valence-electron chi connectivity index (χ4n) is 2.00. The molecule has 2 rings (SSSR count). The topological polar surface area (TPSA) is 34.9 Å². The maximum Gasteiger partial charge on any atom is 0.143 e. The molecule has 2 aromatic rings. The highest BCUT2D eigenvalue weighted by molar-refractivity contribution is 5.82. The molecule has 1 aromatic heterocycles. The van der Waals surface area contributed by atoms with E-state index in [1.54, 1.807) is 0 Å². The Morgan fingerprint density at radius 2 is 1.94 bits per heavy atom. The van der Waals surface area contributed by atoms with Gasteiger partial charge in [-0.25, -0.2) is 0 Å². The second kappa shape index (κ2) is 5.63.